The minimum Gasteiger partial charge on any atom is -0.447 e. The first kappa shape index (κ1) is 24.7. The van der Waals surface area contributed by atoms with Gasteiger partial charge in [0.2, 0.25) is 5.91 Å². The van der Waals surface area contributed by atoms with Crippen LogP contribution in [0.25, 0.3) is 0 Å². The number of rotatable bonds is 9. The summed E-state index contributed by atoms with van der Waals surface area (Å²) in [6.07, 6.45) is -0.931. The average Bonchev–Trinajstić information content (AvgIpc) is 2.61. The number of nitrogens with zero attached hydrogens (tertiary/aromatic N) is 1. The van der Waals surface area contributed by atoms with Crippen LogP contribution in [0.15, 0.2) is 18.2 Å². The number of carbonyl (C=O) groups is 3. The molecule has 0 aliphatic heterocycles. The van der Waals surface area contributed by atoms with E-state index in [-0.39, 0.29) is 53.2 Å². The van der Waals surface area contributed by atoms with E-state index in [9.17, 15) is 14.4 Å². The molecule has 3 amide bonds. The van der Waals surface area contributed by atoms with Gasteiger partial charge in [0.25, 0.3) is 5.91 Å². The van der Waals surface area contributed by atoms with Crippen molar-refractivity contribution >= 4 is 29.5 Å². The monoisotopic (exact) mass is 426 g/mol. The Balaban J connectivity index is 2.73. The summed E-state index contributed by atoms with van der Waals surface area (Å²) in [5, 5.41) is 8.50. The molecule has 8 nitrogen and oxygen atoms in total. The summed E-state index contributed by atoms with van der Waals surface area (Å²) >= 11 is 5.82. The predicted molar refractivity (Wildman–Crippen MR) is 112 cm³/mol. The van der Waals surface area contributed by atoms with Gasteiger partial charge in [0.05, 0.1) is 6.10 Å². The zero-order valence-corrected chi connectivity index (χ0v) is 18.5. The van der Waals surface area contributed by atoms with Crippen molar-refractivity contribution in [2.24, 2.45) is 11.8 Å². The Morgan fingerprint density at radius 3 is 2.21 bits per heavy atom. The molecule has 0 radical (unpaired) electrons. The summed E-state index contributed by atoms with van der Waals surface area (Å²) in [5.74, 6) is -0.823. The normalized spacial score (nSPS) is 13.2. The van der Waals surface area contributed by atoms with Gasteiger partial charge in [0.1, 0.15) is 16.9 Å². The van der Waals surface area contributed by atoms with Gasteiger partial charge in [0.15, 0.2) is 0 Å². The summed E-state index contributed by atoms with van der Waals surface area (Å²) < 4.78 is 5.07. The van der Waals surface area contributed by atoms with E-state index in [1.54, 1.807) is 32.0 Å². The molecule has 2 unspecified atom stereocenters. The van der Waals surface area contributed by atoms with Gasteiger partial charge in [-0.15, -0.1) is 0 Å². The average molecular weight is 427 g/mol. The minimum atomic E-state index is -0.757. The van der Waals surface area contributed by atoms with Crippen molar-refractivity contribution in [1.82, 2.24) is 20.9 Å². The van der Waals surface area contributed by atoms with Crippen molar-refractivity contribution in [1.29, 1.82) is 0 Å². The van der Waals surface area contributed by atoms with E-state index in [2.05, 4.69) is 20.9 Å². The van der Waals surface area contributed by atoms with Crippen LogP contribution >= 0.6 is 11.6 Å². The predicted octanol–water partition coefficient (Wildman–Crippen LogP) is 2.76. The number of alkyl carbamates (subject to hydrolysis) is 1. The Morgan fingerprint density at radius 1 is 1.03 bits per heavy atom. The van der Waals surface area contributed by atoms with Crippen molar-refractivity contribution < 1.29 is 19.1 Å². The molecular weight excluding hydrogens is 396 g/mol. The van der Waals surface area contributed by atoms with Gasteiger partial charge >= 0.3 is 6.09 Å². The second-order valence-electron chi connectivity index (χ2n) is 7.73. The third-order valence-corrected chi connectivity index (χ3v) is 4.34. The molecule has 0 aromatic carbocycles. The fraction of sp³-hybridized carbons (Fsp3) is 0.600. The van der Waals surface area contributed by atoms with Gasteiger partial charge in [-0.25, -0.2) is 9.78 Å². The highest BCUT2D eigenvalue weighted by molar-refractivity contribution is 6.29. The van der Waals surface area contributed by atoms with Crippen LogP contribution in [0, 0.1) is 11.8 Å². The number of pyridine rings is 1. The Hall–Kier alpha value is -2.35. The van der Waals surface area contributed by atoms with Crippen LogP contribution in [0.5, 0.6) is 0 Å². The SMILES string of the molecule is CC(C)OC(=O)NC(C(=O)NC(CNC(=O)c1cccc(Cl)n1)C(C)C)C(C)C. The molecule has 29 heavy (non-hydrogen) atoms. The third-order valence-electron chi connectivity index (χ3n) is 4.13. The van der Waals surface area contributed by atoms with Crippen LogP contribution in [0.4, 0.5) is 4.79 Å². The van der Waals surface area contributed by atoms with Crippen molar-refractivity contribution in [2.45, 2.75) is 59.7 Å². The quantitative estimate of drug-likeness (QED) is 0.526. The second-order valence-corrected chi connectivity index (χ2v) is 8.12. The molecule has 1 aromatic rings. The fourth-order valence-corrected chi connectivity index (χ4v) is 2.63. The van der Waals surface area contributed by atoms with Gasteiger partial charge < -0.3 is 20.7 Å². The van der Waals surface area contributed by atoms with Crippen molar-refractivity contribution in [3.63, 3.8) is 0 Å². The number of ether oxygens (including phenoxy) is 1. The van der Waals surface area contributed by atoms with E-state index < -0.39 is 12.1 Å². The van der Waals surface area contributed by atoms with Crippen LogP contribution in [0.2, 0.25) is 5.15 Å². The van der Waals surface area contributed by atoms with Gasteiger partial charge in [-0.1, -0.05) is 45.4 Å². The molecular formula is C20H31ClN4O4. The van der Waals surface area contributed by atoms with E-state index in [1.165, 1.54) is 0 Å². The fourth-order valence-electron chi connectivity index (χ4n) is 2.46. The molecule has 0 saturated heterocycles. The first-order chi connectivity index (χ1) is 13.5. The summed E-state index contributed by atoms with van der Waals surface area (Å²) in [5.41, 5.74) is 0.199. The maximum atomic E-state index is 12.8. The van der Waals surface area contributed by atoms with Crippen LogP contribution < -0.4 is 16.0 Å². The lowest BCUT2D eigenvalue weighted by molar-refractivity contribution is -0.125. The largest absolute Gasteiger partial charge is 0.447 e. The van der Waals surface area contributed by atoms with Gasteiger partial charge in [-0.3, -0.25) is 9.59 Å². The molecule has 1 rings (SSSR count). The molecule has 0 saturated carbocycles. The van der Waals surface area contributed by atoms with E-state index in [1.807, 2.05) is 27.7 Å². The lowest BCUT2D eigenvalue weighted by Gasteiger charge is -2.27. The number of carbonyl (C=O) groups excluding carboxylic acids is 3. The summed E-state index contributed by atoms with van der Waals surface area (Å²) in [6, 6.07) is 3.69. The van der Waals surface area contributed by atoms with Crippen molar-refractivity contribution in [3.05, 3.63) is 29.0 Å². The Labute approximate surface area is 177 Å². The van der Waals surface area contributed by atoms with Gasteiger partial charge in [-0.05, 0) is 37.8 Å². The zero-order chi connectivity index (χ0) is 22.1. The smallest absolute Gasteiger partial charge is 0.408 e. The molecule has 0 fully saturated rings. The van der Waals surface area contributed by atoms with Gasteiger partial charge in [0, 0.05) is 12.6 Å². The standard InChI is InChI=1S/C20H31ClN4O4/c1-11(2)15(10-22-18(26)14-8-7-9-16(21)23-14)24-19(27)17(12(3)4)25-20(28)29-13(5)6/h7-9,11-13,15,17H,10H2,1-6H3,(H,22,26)(H,24,27)(H,25,28). The van der Waals surface area contributed by atoms with Gasteiger partial charge in [-0.2, -0.15) is 0 Å². The van der Waals surface area contributed by atoms with E-state index in [4.69, 9.17) is 16.3 Å². The maximum absolute atomic E-state index is 12.8. The van der Waals surface area contributed by atoms with Crippen LogP contribution in [0.3, 0.4) is 0 Å². The summed E-state index contributed by atoms with van der Waals surface area (Å²) in [7, 11) is 0. The Morgan fingerprint density at radius 2 is 1.69 bits per heavy atom. The molecule has 0 spiro atoms. The van der Waals surface area contributed by atoms with E-state index in [0.717, 1.165) is 0 Å². The Bertz CT molecular complexity index is 709. The number of hydrogen-bond donors (Lipinski definition) is 3. The molecule has 0 bridgehead atoms. The first-order valence-electron chi connectivity index (χ1n) is 9.69. The highest BCUT2D eigenvalue weighted by Gasteiger charge is 2.28. The van der Waals surface area contributed by atoms with Crippen LogP contribution in [-0.4, -0.2) is 47.6 Å². The molecule has 162 valence electrons. The van der Waals surface area contributed by atoms with Crippen LogP contribution in [-0.2, 0) is 9.53 Å². The summed E-state index contributed by atoms with van der Waals surface area (Å²) in [6.45, 7) is 11.2. The highest BCUT2D eigenvalue weighted by Crippen LogP contribution is 2.08. The number of halogens is 1. The zero-order valence-electron chi connectivity index (χ0n) is 17.8. The number of nitrogens with one attached hydrogen (secondary N) is 3. The molecule has 2 atom stereocenters. The molecule has 0 aliphatic carbocycles. The van der Waals surface area contributed by atoms with Crippen LogP contribution in [0.1, 0.15) is 52.0 Å². The van der Waals surface area contributed by atoms with E-state index in [0.29, 0.717) is 0 Å². The lowest BCUT2D eigenvalue weighted by atomic mass is 10.00. The molecule has 0 aliphatic rings. The highest BCUT2D eigenvalue weighted by atomic mass is 35.5. The molecule has 3 N–H and O–H groups in total. The van der Waals surface area contributed by atoms with Crippen molar-refractivity contribution in [3.8, 4) is 0 Å². The second kappa shape index (κ2) is 11.6. The van der Waals surface area contributed by atoms with Crippen molar-refractivity contribution in [2.75, 3.05) is 6.54 Å². The summed E-state index contributed by atoms with van der Waals surface area (Å²) in [4.78, 5) is 40.9. The number of amides is 3. The maximum Gasteiger partial charge on any atom is 0.408 e. The molecule has 1 heterocycles. The van der Waals surface area contributed by atoms with E-state index >= 15 is 0 Å². The minimum absolute atomic E-state index is 0.0435. The molecule has 9 heteroatoms. The first-order valence-corrected chi connectivity index (χ1v) is 10.1. The lowest BCUT2D eigenvalue weighted by Crippen LogP contribution is -2.55. The molecule has 1 aromatic heterocycles. The number of aromatic nitrogens is 1. The topological polar surface area (TPSA) is 109 Å². The Kier molecular flexibility index (Phi) is 9.88. The third kappa shape index (κ3) is 8.68. The number of hydrogen-bond acceptors (Lipinski definition) is 5.